The van der Waals surface area contributed by atoms with Crippen LogP contribution in [0.4, 0.5) is 5.69 Å². The van der Waals surface area contributed by atoms with E-state index in [1.54, 1.807) is 12.4 Å². The number of para-hydroxylation sites is 2. The van der Waals surface area contributed by atoms with Crippen LogP contribution < -0.4 is 16.3 Å². The highest BCUT2D eigenvalue weighted by Gasteiger charge is 2.44. The molecule has 1 unspecified atom stereocenters. The maximum absolute atomic E-state index is 6.78. The Morgan fingerprint density at radius 1 is 0.800 bits per heavy atom. The lowest BCUT2D eigenvalue weighted by atomic mass is 10.1. The maximum Gasteiger partial charge on any atom is 0.265 e. The molecule has 2 heterocycles. The van der Waals surface area contributed by atoms with Gasteiger partial charge in [0.1, 0.15) is 23.4 Å². The summed E-state index contributed by atoms with van der Waals surface area (Å²) in [5.74, 6) is 8.99. The van der Waals surface area contributed by atoms with E-state index >= 15 is 0 Å². The minimum Gasteiger partial charge on any atom is -0.457 e. The molecule has 6 heteroatoms. The number of aliphatic imine (C=N–C) groups is 2. The Kier molecular flexibility index (Phi) is 4.28. The molecular formula is C24H20N5O+. The van der Waals surface area contributed by atoms with Crippen molar-refractivity contribution in [3.8, 4) is 11.5 Å². The highest BCUT2D eigenvalue weighted by Crippen LogP contribution is 2.38. The maximum atomic E-state index is 6.78. The summed E-state index contributed by atoms with van der Waals surface area (Å²) in [4.78, 5) is 9.17. The molecule has 0 fully saturated rings. The van der Waals surface area contributed by atoms with Crippen molar-refractivity contribution in [3.63, 3.8) is 0 Å². The van der Waals surface area contributed by atoms with Crippen LogP contribution in [0.5, 0.6) is 11.5 Å². The number of benzene rings is 3. The van der Waals surface area contributed by atoms with Gasteiger partial charge in [0.05, 0.1) is 18.0 Å². The number of allylic oxidation sites excluding steroid dienone is 1. The van der Waals surface area contributed by atoms with E-state index in [2.05, 4.69) is 4.99 Å². The van der Waals surface area contributed by atoms with Crippen molar-refractivity contribution in [1.29, 1.82) is 0 Å². The van der Waals surface area contributed by atoms with Crippen LogP contribution in [0.1, 0.15) is 11.1 Å². The Hall–Kier alpha value is -4.00. The van der Waals surface area contributed by atoms with E-state index < -0.39 is 0 Å². The van der Waals surface area contributed by atoms with Crippen molar-refractivity contribution in [2.75, 3.05) is 5.73 Å². The normalized spacial score (nSPS) is 19.6. The number of hydrogen-bond acceptors (Lipinski definition) is 5. The zero-order chi connectivity index (χ0) is 20.6. The summed E-state index contributed by atoms with van der Waals surface area (Å²) in [6.07, 6.45) is 5.24. The molecule has 3 aromatic carbocycles. The van der Waals surface area contributed by atoms with Gasteiger partial charge in [-0.3, -0.25) is 4.99 Å². The Balaban J connectivity index is 1.53. The summed E-state index contributed by atoms with van der Waals surface area (Å²) in [6, 6.07) is 25.0. The number of nitrogens with zero attached hydrogens (tertiary/aromatic N) is 3. The highest BCUT2D eigenvalue weighted by atomic mass is 16.5. The van der Waals surface area contributed by atoms with Crippen molar-refractivity contribution in [1.82, 2.24) is 0 Å². The number of ether oxygens (including phenoxy) is 1. The smallest absolute Gasteiger partial charge is 0.265 e. The van der Waals surface area contributed by atoms with Crippen molar-refractivity contribution in [3.05, 3.63) is 108 Å². The molecule has 6 nitrogen and oxygen atoms in total. The fourth-order valence-corrected chi connectivity index (χ4v) is 3.59. The van der Waals surface area contributed by atoms with Crippen molar-refractivity contribution < 1.29 is 9.33 Å². The van der Waals surface area contributed by atoms with Crippen LogP contribution in [0.15, 0.2) is 107 Å². The van der Waals surface area contributed by atoms with E-state index in [0.29, 0.717) is 11.5 Å². The number of hydrogen-bond donors (Lipinski definition) is 2. The SMILES string of the molecule is Nc1ccccc1C1=C2C=NC=C[N+]2(N)C(c2ccc(Oc3ccccc3)cc2)=N1. The number of nitrogens with two attached hydrogens (primary N) is 2. The molecule has 3 aromatic rings. The number of amidine groups is 1. The summed E-state index contributed by atoms with van der Waals surface area (Å²) in [5.41, 5.74) is 10.1. The number of anilines is 1. The molecule has 0 bridgehead atoms. The number of quaternary nitrogens is 1. The van der Waals surface area contributed by atoms with E-state index in [1.807, 2.05) is 85.1 Å². The Labute approximate surface area is 174 Å². The van der Waals surface area contributed by atoms with Gasteiger partial charge in [0.15, 0.2) is 0 Å². The third-order valence-electron chi connectivity index (χ3n) is 5.10. The van der Waals surface area contributed by atoms with Gasteiger partial charge in [0, 0.05) is 11.3 Å². The first-order chi connectivity index (χ1) is 14.6. The van der Waals surface area contributed by atoms with E-state index in [-0.39, 0.29) is 4.59 Å². The van der Waals surface area contributed by atoms with E-state index in [4.69, 9.17) is 21.3 Å². The average Bonchev–Trinajstić information content (AvgIpc) is 3.08. The Morgan fingerprint density at radius 2 is 1.50 bits per heavy atom. The van der Waals surface area contributed by atoms with Crippen molar-refractivity contribution in [2.24, 2.45) is 15.8 Å². The third kappa shape index (κ3) is 3.00. The number of fused-ring (bicyclic) bond motifs is 1. The van der Waals surface area contributed by atoms with Crippen LogP contribution in [-0.2, 0) is 0 Å². The van der Waals surface area contributed by atoms with E-state index in [0.717, 1.165) is 34.0 Å². The van der Waals surface area contributed by atoms with Crippen LogP contribution >= 0.6 is 0 Å². The monoisotopic (exact) mass is 394 g/mol. The molecule has 0 aliphatic carbocycles. The van der Waals surface area contributed by atoms with Gasteiger partial charge in [0.2, 0.25) is 5.70 Å². The topological polar surface area (TPSA) is 86.0 Å². The molecule has 0 saturated carbocycles. The minimum absolute atomic E-state index is 0.0634. The van der Waals surface area contributed by atoms with Crippen LogP contribution in [0.2, 0.25) is 0 Å². The molecule has 146 valence electrons. The van der Waals surface area contributed by atoms with Gasteiger partial charge in [-0.2, -0.15) is 10.8 Å². The highest BCUT2D eigenvalue weighted by molar-refractivity contribution is 6.07. The first-order valence-corrected chi connectivity index (χ1v) is 9.56. The molecule has 0 spiro atoms. The molecule has 30 heavy (non-hydrogen) atoms. The predicted molar refractivity (Wildman–Crippen MR) is 119 cm³/mol. The Morgan fingerprint density at radius 3 is 2.27 bits per heavy atom. The minimum atomic E-state index is -0.0634. The Bertz CT molecular complexity index is 1230. The summed E-state index contributed by atoms with van der Waals surface area (Å²) in [7, 11) is 0. The number of nitrogen functional groups attached to an aromatic ring is 1. The zero-order valence-corrected chi connectivity index (χ0v) is 16.1. The van der Waals surface area contributed by atoms with Gasteiger partial charge in [-0.1, -0.05) is 36.4 Å². The van der Waals surface area contributed by atoms with Crippen molar-refractivity contribution >= 4 is 23.4 Å². The second-order valence-corrected chi connectivity index (χ2v) is 7.05. The second kappa shape index (κ2) is 7.11. The molecule has 5 rings (SSSR count). The fourth-order valence-electron chi connectivity index (χ4n) is 3.59. The molecule has 4 N–H and O–H groups in total. The third-order valence-corrected chi connectivity index (χ3v) is 5.10. The average molecular weight is 394 g/mol. The fraction of sp³-hybridized carbons (Fsp3) is 0. The van der Waals surface area contributed by atoms with Gasteiger partial charge in [0.25, 0.3) is 5.84 Å². The molecular weight excluding hydrogens is 374 g/mol. The first kappa shape index (κ1) is 18.1. The molecule has 1 atom stereocenters. The van der Waals surface area contributed by atoms with E-state index in [1.165, 1.54) is 0 Å². The first-order valence-electron chi connectivity index (χ1n) is 9.56. The van der Waals surface area contributed by atoms with Crippen molar-refractivity contribution in [2.45, 2.75) is 0 Å². The molecule has 0 saturated heterocycles. The molecule has 0 radical (unpaired) electrons. The molecule has 0 aromatic heterocycles. The van der Waals surface area contributed by atoms with Gasteiger partial charge >= 0.3 is 0 Å². The summed E-state index contributed by atoms with van der Waals surface area (Å²) < 4.78 is 5.83. The molecule has 2 aliphatic heterocycles. The molecule has 0 amide bonds. The van der Waals surface area contributed by atoms with Crippen LogP contribution in [-0.4, -0.2) is 16.6 Å². The summed E-state index contributed by atoms with van der Waals surface area (Å²) in [6.45, 7) is 0. The number of rotatable bonds is 4. The predicted octanol–water partition coefficient (Wildman–Crippen LogP) is 4.44. The van der Waals surface area contributed by atoms with Crippen LogP contribution in [0.3, 0.4) is 0 Å². The van der Waals surface area contributed by atoms with Gasteiger partial charge in [-0.05, 0) is 42.5 Å². The quantitative estimate of drug-likeness (QED) is 0.390. The lowest BCUT2D eigenvalue weighted by Crippen LogP contribution is -2.53. The largest absolute Gasteiger partial charge is 0.457 e. The zero-order valence-electron chi connectivity index (χ0n) is 16.1. The van der Waals surface area contributed by atoms with Gasteiger partial charge in [-0.15, -0.1) is 4.59 Å². The standard InChI is InChI=1S/C24H20N5O/c25-21-9-5-4-8-20(21)23-22-16-27-14-15-29(22,26)24(28-23)17-10-12-19(13-11-17)30-18-6-2-1-3-7-18/h1-16H,25-26H2/q+1. The molecule has 2 aliphatic rings. The van der Waals surface area contributed by atoms with Crippen LogP contribution in [0, 0.1) is 0 Å². The lowest BCUT2D eigenvalue weighted by molar-refractivity contribution is -0.749. The van der Waals surface area contributed by atoms with E-state index in [9.17, 15) is 0 Å². The second-order valence-electron chi connectivity index (χ2n) is 7.05. The van der Waals surface area contributed by atoms with Gasteiger partial charge in [-0.25, -0.2) is 0 Å². The lowest BCUT2D eigenvalue weighted by Gasteiger charge is -2.26. The van der Waals surface area contributed by atoms with Gasteiger partial charge < -0.3 is 10.5 Å². The summed E-state index contributed by atoms with van der Waals surface area (Å²) in [5, 5.41) is 0. The van der Waals surface area contributed by atoms with Crippen LogP contribution in [0.25, 0.3) is 5.70 Å². The summed E-state index contributed by atoms with van der Waals surface area (Å²) >= 11 is 0.